The number of rotatable bonds is 1. The molecular weight excluding hydrogens is 279 g/mol. The van der Waals surface area contributed by atoms with Gasteiger partial charge in [-0.1, -0.05) is 0 Å². The van der Waals surface area contributed by atoms with E-state index in [-0.39, 0.29) is 0 Å². The molecule has 0 aromatic carbocycles. The molecule has 4 heteroatoms. The summed E-state index contributed by atoms with van der Waals surface area (Å²) in [6.07, 6.45) is 2.47. The van der Waals surface area contributed by atoms with E-state index in [9.17, 15) is 0 Å². The summed E-state index contributed by atoms with van der Waals surface area (Å²) in [6.45, 7) is 6.86. The van der Waals surface area contributed by atoms with E-state index in [4.69, 9.17) is 4.74 Å². The van der Waals surface area contributed by atoms with E-state index >= 15 is 0 Å². The largest absolute Gasteiger partial charge is 0.381 e. The minimum atomic E-state index is 0.804. The quantitative estimate of drug-likeness (QED) is 0.533. The van der Waals surface area contributed by atoms with Crippen molar-refractivity contribution >= 4 is 22.9 Å². The molecule has 0 spiro atoms. The molecule has 0 aliphatic carbocycles. The molecule has 0 atom stereocenters. The highest BCUT2D eigenvalue weighted by molar-refractivity contribution is 14.1. The molecular formula is C9H17IN2O. The Hall–Kier alpha value is 0.610. The van der Waals surface area contributed by atoms with Gasteiger partial charge in [-0.05, 0) is 12.8 Å². The average molecular weight is 296 g/mol. The van der Waals surface area contributed by atoms with Crippen molar-refractivity contribution in [2.24, 2.45) is 0 Å². The third-order valence-corrected chi connectivity index (χ3v) is 3.93. The smallest absolute Gasteiger partial charge is 0.0480 e. The first-order valence-corrected chi connectivity index (χ1v) is 6.05. The van der Waals surface area contributed by atoms with Crippen LogP contribution in [-0.2, 0) is 4.74 Å². The van der Waals surface area contributed by atoms with Crippen LogP contribution in [0.3, 0.4) is 0 Å². The maximum Gasteiger partial charge on any atom is 0.0480 e. The minimum Gasteiger partial charge on any atom is -0.381 e. The summed E-state index contributed by atoms with van der Waals surface area (Å²) >= 11 is 2.42. The number of halogens is 1. The van der Waals surface area contributed by atoms with Crippen molar-refractivity contribution in [2.75, 3.05) is 39.4 Å². The standard InChI is InChI=1S/C9H17IN2O/c10-12-5-3-11(4-6-12)9-1-7-13-8-2-9/h9H,1-8H2. The SMILES string of the molecule is IN1CCN(C2CCOCC2)CC1. The molecule has 2 saturated heterocycles. The van der Waals surface area contributed by atoms with Gasteiger partial charge in [0.05, 0.1) is 0 Å². The van der Waals surface area contributed by atoms with Crippen LogP contribution in [0, 0.1) is 0 Å². The highest BCUT2D eigenvalue weighted by Gasteiger charge is 2.24. The molecule has 0 N–H and O–H groups in total. The third kappa shape index (κ3) is 2.78. The summed E-state index contributed by atoms with van der Waals surface area (Å²) in [7, 11) is 0. The summed E-state index contributed by atoms with van der Waals surface area (Å²) in [4.78, 5) is 2.64. The molecule has 0 radical (unpaired) electrons. The van der Waals surface area contributed by atoms with E-state index in [1.807, 2.05) is 0 Å². The van der Waals surface area contributed by atoms with Crippen molar-refractivity contribution in [1.29, 1.82) is 0 Å². The fourth-order valence-electron chi connectivity index (χ4n) is 2.11. The van der Waals surface area contributed by atoms with Crippen molar-refractivity contribution < 1.29 is 4.74 Å². The van der Waals surface area contributed by atoms with Crippen LogP contribution in [0.15, 0.2) is 0 Å². The van der Waals surface area contributed by atoms with Gasteiger partial charge in [0.1, 0.15) is 0 Å². The Balaban J connectivity index is 1.79. The predicted octanol–water partition coefficient (Wildman–Crippen LogP) is 1.13. The highest BCUT2D eigenvalue weighted by Crippen LogP contribution is 2.17. The van der Waals surface area contributed by atoms with Crippen molar-refractivity contribution in [3.05, 3.63) is 0 Å². The van der Waals surface area contributed by atoms with Crippen LogP contribution in [0.1, 0.15) is 12.8 Å². The van der Waals surface area contributed by atoms with Gasteiger partial charge in [-0.2, -0.15) is 0 Å². The second-order valence-electron chi connectivity index (χ2n) is 3.79. The molecule has 3 nitrogen and oxygen atoms in total. The maximum absolute atomic E-state index is 5.37. The van der Waals surface area contributed by atoms with Crippen LogP contribution in [0.4, 0.5) is 0 Å². The van der Waals surface area contributed by atoms with Crippen molar-refractivity contribution in [3.63, 3.8) is 0 Å². The normalized spacial score (nSPS) is 29.3. The van der Waals surface area contributed by atoms with Gasteiger partial charge in [0.2, 0.25) is 0 Å². The molecule has 0 amide bonds. The zero-order valence-corrected chi connectivity index (χ0v) is 10.1. The van der Waals surface area contributed by atoms with E-state index < -0.39 is 0 Å². The predicted molar refractivity (Wildman–Crippen MR) is 61.0 cm³/mol. The third-order valence-electron chi connectivity index (χ3n) is 2.97. The molecule has 2 heterocycles. The Bertz CT molecular complexity index is 154. The van der Waals surface area contributed by atoms with Crippen LogP contribution >= 0.6 is 22.9 Å². The monoisotopic (exact) mass is 296 g/mol. The molecule has 0 aromatic rings. The zero-order chi connectivity index (χ0) is 9.10. The lowest BCUT2D eigenvalue weighted by molar-refractivity contribution is 0.0251. The Labute approximate surface area is 93.9 Å². The fraction of sp³-hybridized carbons (Fsp3) is 1.00. The summed E-state index contributed by atoms with van der Waals surface area (Å²) in [5.74, 6) is 0. The Morgan fingerprint density at radius 1 is 1.00 bits per heavy atom. The Morgan fingerprint density at radius 2 is 1.62 bits per heavy atom. The van der Waals surface area contributed by atoms with Crippen LogP contribution < -0.4 is 0 Å². The Morgan fingerprint density at radius 3 is 2.23 bits per heavy atom. The second kappa shape index (κ2) is 4.91. The lowest BCUT2D eigenvalue weighted by Crippen LogP contribution is -2.49. The van der Waals surface area contributed by atoms with Gasteiger partial charge in [0.25, 0.3) is 0 Å². The maximum atomic E-state index is 5.37. The number of hydrogen-bond donors (Lipinski definition) is 0. The first kappa shape index (κ1) is 10.1. The molecule has 2 aliphatic heterocycles. The van der Waals surface area contributed by atoms with E-state index in [1.54, 1.807) is 0 Å². The topological polar surface area (TPSA) is 15.7 Å². The van der Waals surface area contributed by atoms with Gasteiger partial charge in [-0.3, -0.25) is 4.90 Å². The van der Waals surface area contributed by atoms with Gasteiger partial charge in [-0.25, -0.2) is 3.11 Å². The molecule has 2 fully saturated rings. The molecule has 0 saturated carbocycles. The lowest BCUT2D eigenvalue weighted by atomic mass is 10.1. The molecule has 0 bridgehead atoms. The minimum absolute atomic E-state index is 0.804. The van der Waals surface area contributed by atoms with Gasteiger partial charge >= 0.3 is 0 Å². The van der Waals surface area contributed by atoms with Crippen LogP contribution in [0.2, 0.25) is 0 Å². The molecule has 2 rings (SSSR count). The van der Waals surface area contributed by atoms with Crippen molar-refractivity contribution in [1.82, 2.24) is 8.01 Å². The van der Waals surface area contributed by atoms with E-state index in [0.29, 0.717) is 0 Å². The first-order valence-electron chi connectivity index (χ1n) is 5.09. The van der Waals surface area contributed by atoms with Gasteiger partial charge < -0.3 is 4.74 Å². The van der Waals surface area contributed by atoms with Gasteiger partial charge in [0.15, 0.2) is 0 Å². The number of hydrogen-bond acceptors (Lipinski definition) is 3. The zero-order valence-electron chi connectivity index (χ0n) is 7.91. The van der Waals surface area contributed by atoms with E-state index in [2.05, 4.69) is 30.9 Å². The second-order valence-corrected chi connectivity index (χ2v) is 5.15. The van der Waals surface area contributed by atoms with Crippen molar-refractivity contribution in [3.8, 4) is 0 Å². The van der Waals surface area contributed by atoms with Gasteiger partial charge in [0, 0.05) is 68.3 Å². The van der Waals surface area contributed by atoms with Crippen LogP contribution in [-0.4, -0.2) is 53.4 Å². The molecule has 0 unspecified atom stereocenters. The molecule has 13 heavy (non-hydrogen) atoms. The molecule has 0 aromatic heterocycles. The summed E-state index contributed by atoms with van der Waals surface area (Å²) in [5.41, 5.74) is 0. The molecule has 2 aliphatic rings. The Kier molecular flexibility index (Phi) is 3.83. The summed E-state index contributed by atoms with van der Waals surface area (Å²) in [6, 6.07) is 0.804. The fourth-order valence-corrected chi connectivity index (χ4v) is 2.54. The van der Waals surface area contributed by atoms with Crippen LogP contribution in [0.25, 0.3) is 0 Å². The summed E-state index contributed by atoms with van der Waals surface area (Å²) in [5, 5.41) is 0. The number of nitrogens with zero attached hydrogens (tertiary/aromatic N) is 2. The van der Waals surface area contributed by atoms with Crippen molar-refractivity contribution in [2.45, 2.75) is 18.9 Å². The first-order chi connectivity index (χ1) is 6.36. The van der Waals surface area contributed by atoms with E-state index in [0.717, 1.165) is 19.3 Å². The lowest BCUT2D eigenvalue weighted by Gasteiger charge is -2.38. The number of ether oxygens (including phenoxy) is 1. The van der Waals surface area contributed by atoms with Crippen LogP contribution in [0.5, 0.6) is 0 Å². The summed E-state index contributed by atoms with van der Waals surface area (Å²) < 4.78 is 7.76. The average Bonchev–Trinajstić information content (AvgIpc) is 2.20. The molecule has 76 valence electrons. The van der Waals surface area contributed by atoms with E-state index in [1.165, 1.54) is 39.0 Å². The van der Waals surface area contributed by atoms with Gasteiger partial charge in [-0.15, -0.1) is 0 Å². The highest BCUT2D eigenvalue weighted by atomic mass is 127. The number of piperazine rings is 1.